The van der Waals surface area contributed by atoms with Gasteiger partial charge in [0, 0.05) is 69.2 Å². The summed E-state index contributed by atoms with van der Waals surface area (Å²) in [7, 11) is 1.03. The highest BCUT2D eigenvalue weighted by Gasteiger charge is 2.48. The second-order valence-electron chi connectivity index (χ2n) is 29.5. The largest absolute Gasteiger partial charge is 0.780 e. The van der Waals surface area contributed by atoms with E-state index in [1.54, 1.807) is 6.92 Å². The zero-order chi connectivity index (χ0) is 91.2. The lowest BCUT2D eigenvalue weighted by molar-refractivity contribution is -0.221. The number of rotatable bonds is 35. The summed E-state index contributed by atoms with van der Waals surface area (Å²) in [5.41, 5.74) is 20.1. The number of ether oxygens (including phenoxy) is 6. The van der Waals surface area contributed by atoms with E-state index in [2.05, 4.69) is 69.8 Å². The second kappa shape index (κ2) is 37.6. The first-order chi connectivity index (χ1) is 60.5. The molecule has 6 saturated heterocycles. The maximum Gasteiger partial charge on any atom is 0.330 e. The van der Waals surface area contributed by atoms with Gasteiger partial charge in [-0.25, -0.2) is 49.5 Å². The molecule has 16 rings (SSSR count). The molecule has 6 unspecified atom stereocenters. The van der Waals surface area contributed by atoms with Crippen molar-refractivity contribution in [1.29, 1.82) is 0 Å². The Bertz CT molecular complexity index is 6610. The first-order valence-electron chi connectivity index (χ1n) is 38.2. The lowest BCUT2D eigenvalue weighted by Crippen LogP contribution is -2.34. The molecule has 128 heavy (non-hydrogen) atoms. The summed E-state index contributed by atoms with van der Waals surface area (Å²) in [6.07, 6.45) is -14.3. The molecule has 10 aromatic rings. The zero-order valence-corrected chi connectivity index (χ0v) is 76.6. The number of imidazole rings is 4. The summed E-state index contributed by atoms with van der Waals surface area (Å²) in [6.45, 7) is -27.7. The number of aromatic amines is 4. The first-order valence-corrected chi connectivity index (χ1v) is 53.5. The van der Waals surface area contributed by atoms with Crippen LogP contribution in [0.3, 0.4) is 0 Å². The molecule has 6 aliphatic rings. The molecule has 6 aliphatic heterocycles. The smallest absolute Gasteiger partial charge is 0.330 e. The minimum atomic E-state index is -4.98. The number of nitrogens with one attached hydrogen (secondary N) is 4. The third-order valence-electron chi connectivity index (χ3n) is 21.1. The normalized spacial score (nSPS) is 29.1. The van der Waals surface area contributed by atoms with Gasteiger partial charge < -0.3 is 142 Å². The van der Waals surface area contributed by atoms with Crippen molar-refractivity contribution in [1.82, 2.24) is 97.2 Å². The molecule has 0 spiro atoms. The lowest BCUT2D eigenvalue weighted by Gasteiger charge is -2.36. The maximum absolute atomic E-state index is 14.9. The average molecular weight is 2010 g/mol. The number of hydrogen-bond donors (Lipinski definition) is 8. The van der Waals surface area contributed by atoms with Crippen LogP contribution in [0.25, 0.3) is 44.7 Å². The Balaban J connectivity index is 0.614. The molecule has 6 fully saturated rings. The molecular formula is C62H74N24O30P6S6-6. The minimum Gasteiger partial charge on any atom is -0.780 e. The summed E-state index contributed by atoms with van der Waals surface area (Å²) >= 11 is 32.5. The van der Waals surface area contributed by atoms with Gasteiger partial charge in [-0.15, -0.1) is 0 Å². The highest BCUT2D eigenvalue weighted by atomic mass is 32.7. The van der Waals surface area contributed by atoms with Gasteiger partial charge in [0.05, 0.1) is 101 Å². The monoisotopic (exact) mass is 2010 g/mol. The SMILES string of the molecule is CC[C@H]1O[C@@H](n2cnc3c(=O)[nH]c(N)nc32)C[C@H]1OP([O-])(=S)OC[C@H]1O[C@@H](n2cnc3c(N)ncnc32)C[C@H]1OP([O-])(=S)OC[C@H]1O[C@@H](n2cnc3c(N)ncnc32)C[C@H]1OP(=O)([S-])OC[C@H]1O[C@@H](n2cc(C)c(=O)[nH]c2=O)C[C@H]1OP([O-])(=S)OC[C@H]1O[C@@H](n2cnc3c(=O)[nH]c(N)nc32)C[C@H]1OP([O-])(=S)OC[C@H]1O[C@@H](n2cc(C)c(=O)[nH]c2=O)C[C@H]1OP([O-])(=S)OC. The van der Waals surface area contributed by atoms with Crippen molar-refractivity contribution in [2.45, 2.75) is 176 Å². The van der Waals surface area contributed by atoms with E-state index in [1.807, 2.05) is 0 Å². The van der Waals surface area contributed by atoms with Crippen molar-refractivity contribution in [2.75, 3.05) is 63.1 Å². The average Bonchev–Trinajstić information content (AvgIpc) is 1.64. The fourth-order valence-corrected chi connectivity index (χ4v) is 23.3. The third kappa shape index (κ3) is 20.9. The molecule has 0 aliphatic carbocycles. The van der Waals surface area contributed by atoms with Crippen LogP contribution in [-0.2, 0) is 159 Å². The quantitative estimate of drug-likeness (QED) is 0.0153. The Hall–Kier alpha value is -6.73. The predicted octanol–water partition coefficient (Wildman–Crippen LogP) is -2.27. The van der Waals surface area contributed by atoms with E-state index in [1.165, 1.54) is 69.9 Å². The van der Waals surface area contributed by atoms with Gasteiger partial charge in [-0.2, -0.15) is 9.97 Å². The number of hydrogen-bond acceptors (Lipinski definition) is 50. The highest BCUT2D eigenvalue weighted by Crippen LogP contribution is 2.56. The van der Waals surface area contributed by atoms with Gasteiger partial charge in [0.15, 0.2) is 52.1 Å². The fourth-order valence-electron chi connectivity index (χ4n) is 15.1. The van der Waals surface area contributed by atoms with E-state index < -0.39 is 224 Å². The number of nitrogens with two attached hydrogens (primary N) is 4. The number of H-pyrrole nitrogens is 4. The van der Waals surface area contributed by atoms with Crippen LogP contribution in [-0.4, -0.2) is 211 Å². The van der Waals surface area contributed by atoms with Gasteiger partial charge in [-0.3, -0.25) is 71.1 Å². The Morgan fingerprint density at radius 1 is 0.406 bits per heavy atom. The standard InChI is InChI=1S/C62H80N24O30P6S6/c1-5-27-28(6-43(105-27)85-23-73-47-53(85)75-59(65)77-57(47)89)112-118(94,124)100-16-36-31(9-41(108-36)83-21-71-45-49(63)67-19-69-51(45)83)115-122(98,128)103-17-37-32(10-42(109-37)84-22-72-46-50(64)68-20-70-52(46)84)114-121(97,127)102-15-35-30(8-40(107-35)82-13-26(3)56(88)80-62(82)92)113-119(95,125)104-18-38-33(11-44(110-38)86-24-74-48-54(86)76-60(66)78-58(48)90)116-120(96,126)101-14-34-29(111-117(93,123)99-4)7-39(106-34)81-12-25(2)55(87)79-61(81)91/h12-13,19-24,27-44H,5-11,14-18H2,1-4H3,(H,93,123)(H,94,124)(H,95,125)(H,96,126)(H,97,127)(H,98,128)(H2,63,67,69)(H2,64,68,70)(H,79,87,91)(H,80,88,92)(H3,65,75,77,89)(H3,66,76,78,90)/p-6/t27-,28-,29-,30-,31-,32-,33-,34-,35-,36-,37-,38-,39-,40-,41-,42-,43-,44-,117?,118?,119?,120?,121?,122?/m1/s1. The molecule has 0 bridgehead atoms. The molecule has 0 aromatic carbocycles. The van der Waals surface area contributed by atoms with Crippen molar-refractivity contribution in [3.63, 3.8) is 0 Å². The van der Waals surface area contributed by atoms with E-state index in [0.717, 1.165) is 28.8 Å². The molecule has 16 heterocycles. The summed E-state index contributed by atoms with van der Waals surface area (Å²) < 4.78 is 130. The van der Waals surface area contributed by atoms with Crippen molar-refractivity contribution >= 4 is 180 Å². The van der Waals surface area contributed by atoms with Gasteiger partial charge in [0.25, 0.3) is 22.2 Å². The number of fused-ring (bicyclic) bond motifs is 4. The predicted molar refractivity (Wildman–Crippen MR) is 451 cm³/mol. The molecular weight excluding hydrogens is 1940 g/mol. The number of anilines is 4. The summed E-state index contributed by atoms with van der Waals surface area (Å²) in [6, 6.07) is 0. The highest BCUT2D eigenvalue weighted by molar-refractivity contribution is 8.32. The summed E-state index contributed by atoms with van der Waals surface area (Å²) in [5.74, 6) is -0.485. The summed E-state index contributed by atoms with van der Waals surface area (Å²) in [4.78, 5) is 200. The molecule has 54 nitrogen and oxygen atoms in total. The van der Waals surface area contributed by atoms with E-state index in [-0.39, 0.29) is 111 Å². The molecule has 0 saturated carbocycles. The zero-order valence-electron chi connectivity index (χ0n) is 66.3. The van der Waals surface area contributed by atoms with Crippen LogP contribution in [0.5, 0.6) is 0 Å². The van der Waals surface area contributed by atoms with Crippen molar-refractivity contribution in [3.05, 3.63) is 124 Å². The van der Waals surface area contributed by atoms with E-state index in [0.29, 0.717) is 6.42 Å². The molecule has 694 valence electrons. The number of nitrogen functional groups attached to an aromatic ring is 4. The van der Waals surface area contributed by atoms with Crippen LogP contribution < -0.4 is 81.0 Å². The van der Waals surface area contributed by atoms with E-state index in [9.17, 15) is 57.8 Å². The van der Waals surface area contributed by atoms with E-state index >= 15 is 0 Å². The van der Waals surface area contributed by atoms with Gasteiger partial charge in [0.1, 0.15) is 125 Å². The van der Waals surface area contributed by atoms with Crippen molar-refractivity contribution < 1.29 is 112 Å². The van der Waals surface area contributed by atoms with Crippen LogP contribution in [0.4, 0.5) is 23.5 Å². The number of nitrogens with zero attached hydrogens (tertiary/aromatic N) is 16. The van der Waals surface area contributed by atoms with Gasteiger partial charge >= 0.3 is 11.4 Å². The van der Waals surface area contributed by atoms with Crippen molar-refractivity contribution in [3.8, 4) is 0 Å². The summed E-state index contributed by atoms with van der Waals surface area (Å²) in [5, 5.41) is 0. The van der Waals surface area contributed by atoms with Crippen LogP contribution >= 0.6 is 40.4 Å². The lowest BCUT2D eigenvalue weighted by atomic mass is 10.1. The number of aromatic nitrogens is 20. The maximum atomic E-state index is 14.9. The topological polar surface area (TPSA) is 727 Å². The van der Waals surface area contributed by atoms with Crippen LogP contribution in [0.1, 0.15) is 100 Å². The van der Waals surface area contributed by atoms with Gasteiger partial charge in [0.2, 0.25) is 11.9 Å². The van der Waals surface area contributed by atoms with Crippen LogP contribution in [0.15, 0.2) is 79.1 Å². The molecule has 12 N–H and O–H groups in total. The van der Waals surface area contributed by atoms with E-state index in [4.69, 9.17) is 177 Å². The fraction of sp³-hybridized carbons (Fsp3) is 0.548. The Kier molecular flexibility index (Phi) is 27.8. The van der Waals surface area contributed by atoms with Gasteiger partial charge in [-0.1, -0.05) is 66.0 Å². The van der Waals surface area contributed by atoms with Crippen LogP contribution in [0.2, 0.25) is 0 Å². The molecule has 24 atom stereocenters. The minimum absolute atomic E-state index is 0.0138. The Morgan fingerprint density at radius 2 is 0.695 bits per heavy atom. The Labute approximate surface area is 747 Å². The second-order valence-corrected chi connectivity index (χ2v) is 45.8. The third-order valence-corrected chi connectivity index (χ3v) is 30.6. The number of aryl methyl sites for hydroxylation is 2. The van der Waals surface area contributed by atoms with Crippen molar-refractivity contribution in [2.24, 2.45) is 0 Å². The molecule has 0 radical (unpaired) electrons. The Morgan fingerprint density at radius 3 is 1.03 bits per heavy atom. The molecule has 0 amide bonds. The molecule has 10 aromatic heterocycles. The van der Waals surface area contributed by atoms with Crippen LogP contribution in [0, 0.1) is 13.8 Å². The van der Waals surface area contributed by atoms with Gasteiger partial charge in [-0.05, 0) is 20.3 Å². The molecule has 66 heteroatoms. The first kappa shape index (κ1) is 94.5.